The van der Waals surface area contributed by atoms with Crippen molar-refractivity contribution in [2.75, 3.05) is 12.4 Å². The fraction of sp³-hybridized carbons (Fsp3) is 0.462. The van der Waals surface area contributed by atoms with E-state index in [0.717, 1.165) is 40.0 Å². The molecule has 0 fully saturated rings. The molecule has 2 aromatic heterocycles. The second kappa shape index (κ2) is 5.44. The van der Waals surface area contributed by atoms with Crippen molar-refractivity contribution in [3.63, 3.8) is 0 Å². The lowest BCUT2D eigenvalue weighted by Crippen LogP contribution is -2.07. The summed E-state index contributed by atoms with van der Waals surface area (Å²) >= 11 is 1.66. The number of thiazole rings is 1. The van der Waals surface area contributed by atoms with E-state index in [0.29, 0.717) is 6.42 Å². The Hall–Kier alpha value is -1.49. The average molecular weight is 262 g/mol. The quantitative estimate of drug-likeness (QED) is 0.920. The third-order valence-corrected chi connectivity index (χ3v) is 3.81. The van der Waals surface area contributed by atoms with Crippen molar-refractivity contribution in [3.8, 4) is 0 Å². The number of hydrogen-bond donors (Lipinski definition) is 1. The van der Waals surface area contributed by atoms with Crippen LogP contribution in [0.15, 0.2) is 5.38 Å². The highest BCUT2D eigenvalue weighted by atomic mass is 32.1. The normalized spacial score (nSPS) is 10.7. The predicted molar refractivity (Wildman–Crippen MR) is 75.4 cm³/mol. The minimum Gasteiger partial charge on any atom is -0.373 e. The molecule has 0 aliphatic rings. The number of anilines is 1. The zero-order valence-corrected chi connectivity index (χ0v) is 12.1. The maximum atomic E-state index is 4.62. The molecule has 0 unspecified atom stereocenters. The Labute approximate surface area is 112 Å². The smallest absolute Gasteiger partial charge is 0.137 e. The molecule has 2 aromatic rings. The van der Waals surface area contributed by atoms with Crippen molar-refractivity contribution >= 4 is 17.2 Å². The predicted octanol–water partition coefficient (Wildman–Crippen LogP) is 2.74. The summed E-state index contributed by atoms with van der Waals surface area (Å²) in [6, 6.07) is 0. The van der Waals surface area contributed by atoms with Gasteiger partial charge in [-0.1, -0.05) is 6.92 Å². The highest BCUT2D eigenvalue weighted by Crippen LogP contribution is 2.18. The molecule has 0 amide bonds. The number of nitrogens with one attached hydrogen (secondary N) is 1. The number of hydrogen-bond acceptors (Lipinski definition) is 5. The van der Waals surface area contributed by atoms with Gasteiger partial charge in [0.15, 0.2) is 0 Å². The first-order valence-electron chi connectivity index (χ1n) is 6.09. The van der Waals surface area contributed by atoms with Gasteiger partial charge in [-0.3, -0.25) is 0 Å². The Morgan fingerprint density at radius 3 is 2.56 bits per heavy atom. The van der Waals surface area contributed by atoms with Gasteiger partial charge in [0, 0.05) is 29.4 Å². The molecule has 96 valence electrons. The van der Waals surface area contributed by atoms with Crippen molar-refractivity contribution in [3.05, 3.63) is 33.2 Å². The van der Waals surface area contributed by atoms with Crippen LogP contribution >= 0.6 is 11.3 Å². The average Bonchev–Trinajstić information content (AvgIpc) is 2.76. The van der Waals surface area contributed by atoms with E-state index in [1.165, 1.54) is 0 Å². The van der Waals surface area contributed by atoms with Gasteiger partial charge in [0.2, 0.25) is 0 Å². The summed E-state index contributed by atoms with van der Waals surface area (Å²) in [5.41, 5.74) is 3.31. The van der Waals surface area contributed by atoms with Crippen LogP contribution in [0.5, 0.6) is 0 Å². The lowest BCUT2D eigenvalue weighted by Gasteiger charge is -2.10. The molecule has 18 heavy (non-hydrogen) atoms. The van der Waals surface area contributed by atoms with Gasteiger partial charge in [-0.15, -0.1) is 11.3 Å². The third kappa shape index (κ3) is 2.67. The minimum atomic E-state index is 0.709. The standard InChI is InChI=1S/C13H18N4S/c1-5-10-9(3)13(14-4)17-11(16-10)6-12-15-8(2)7-18-12/h7H,5-6H2,1-4H3,(H,14,16,17). The Morgan fingerprint density at radius 1 is 1.22 bits per heavy atom. The number of nitrogens with zero attached hydrogens (tertiary/aromatic N) is 3. The minimum absolute atomic E-state index is 0.709. The van der Waals surface area contributed by atoms with Crippen LogP contribution < -0.4 is 5.32 Å². The van der Waals surface area contributed by atoms with Crippen LogP contribution in [0.2, 0.25) is 0 Å². The van der Waals surface area contributed by atoms with E-state index in [2.05, 4.69) is 39.5 Å². The molecule has 0 atom stereocenters. The van der Waals surface area contributed by atoms with Gasteiger partial charge in [-0.25, -0.2) is 15.0 Å². The van der Waals surface area contributed by atoms with Gasteiger partial charge < -0.3 is 5.32 Å². The zero-order chi connectivity index (χ0) is 13.1. The second-order valence-corrected chi connectivity index (χ2v) is 5.17. The van der Waals surface area contributed by atoms with E-state index in [-0.39, 0.29) is 0 Å². The molecule has 1 N–H and O–H groups in total. The molecule has 0 saturated carbocycles. The first-order valence-corrected chi connectivity index (χ1v) is 6.97. The molecule has 0 bridgehead atoms. The maximum Gasteiger partial charge on any atom is 0.137 e. The van der Waals surface area contributed by atoms with Gasteiger partial charge in [0.25, 0.3) is 0 Å². The van der Waals surface area contributed by atoms with Gasteiger partial charge in [0.05, 0.1) is 6.42 Å². The molecule has 0 radical (unpaired) electrons. The molecule has 0 aromatic carbocycles. The molecule has 2 heterocycles. The molecule has 2 rings (SSSR count). The Kier molecular flexibility index (Phi) is 3.91. The number of aromatic nitrogens is 3. The van der Waals surface area contributed by atoms with Crippen molar-refractivity contribution in [2.24, 2.45) is 0 Å². The second-order valence-electron chi connectivity index (χ2n) is 4.22. The Bertz CT molecular complexity index is 523. The molecular formula is C13H18N4S. The molecule has 0 spiro atoms. The van der Waals surface area contributed by atoms with Crippen LogP contribution in [-0.2, 0) is 12.8 Å². The monoisotopic (exact) mass is 262 g/mol. The van der Waals surface area contributed by atoms with Crippen LogP contribution in [-0.4, -0.2) is 22.0 Å². The van der Waals surface area contributed by atoms with E-state index >= 15 is 0 Å². The van der Waals surface area contributed by atoms with Gasteiger partial charge >= 0.3 is 0 Å². The number of rotatable bonds is 4. The lowest BCUT2D eigenvalue weighted by molar-refractivity contribution is 0.885. The Morgan fingerprint density at radius 2 is 2.00 bits per heavy atom. The van der Waals surface area contributed by atoms with Crippen LogP contribution in [0, 0.1) is 13.8 Å². The van der Waals surface area contributed by atoms with Crippen molar-refractivity contribution in [1.29, 1.82) is 0 Å². The largest absolute Gasteiger partial charge is 0.373 e. The van der Waals surface area contributed by atoms with Crippen molar-refractivity contribution in [2.45, 2.75) is 33.6 Å². The highest BCUT2D eigenvalue weighted by molar-refractivity contribution is 7.09. The van der Waals surface area contributed by atoms with Crippen LogP contribution in [0.3, 0.4) is 0 Å². The SMILES string of the molecule is CCc1nc(Cc2nc(C)cs2)nc(NC)c1C. The van der Waals surface area contributed by atoms with Gasteiger partial charge in [0.1, 0.15) is 16.6 Å². The summed E-state index contributed by atoms with van der Waals surface area (Å²) in [4.78, 5) is 13.6. The topological polar surface area (TPSA) is 50.7 Å². The fourth-order valence-electron chi connectivity index (χ4n) is 1.90. The van der Waals surface area contributed by atoms with Crippen molar-refractivity contribution < 1.29 is 0 Å². The van der Waals surface area contributed by atoms with Gasteiger partial charge in [-0.2, -0.15) is 0 Å². The zero-order valence-electron chi connectivity index (χ0n) is 11.2. The molecular weight excluding hydrogens is 244 g/mol. The fourth-order valence-corrected chi connectivity index (χ4v) is 2.67. The van der Waals surface area contributed by atoms with Crippen molar-refractivity contribution in [1.82, 2.24) is 15.0 Å². The molecule has 0 aliphatic carbocycles. The summed E-state index contributed by atoms with van der Waals surface area (Å²) in [5.74, 6) is 1.77. The van der Waals surface area contributed by atoms with Gasteiger partial charge in [-0.05, 0) is 20.3 Å². The van der Waals surface area contributed by atoms with E-state index < -0.39 is 0 Å². The summed E-state index contributed by atoms with van der Waals surface area (Å²) in [7, 11) is 1.89. The van der Waals surface area contributed by atoms with Crippen LogP contribution in [0.25, 0.3) is 0 Å². The van der Waals surface area contributed by atoms with E-state index in [9.17, 15) is 0 Å². The lowest BCUT2D eigenvalue weighted by atomic mass is 10.2. The summed E-state index contributed by atoms with van der Waals surface area (Å²) < 4.78 is 0. The third-order valence-electron chi connectivity index (χ3n) is 2.84. The molecule has 0 aliphatic heterocycles. The van der Waals surface area contributed by atoms with Crippen LogP contribution in [0.1, 0.15) is 34.7 Å². The Balaban J connectivity index is 2.33. The summed E-state index contributed by atoms with van der Waals surface area (Å²) in [5, 5.41) is 6.26. The van der Waals surface area contributed by atoms with Crippen LogP contribution in [0.4, 0.5) is 5.82 Å². The van der Waals surface area contributed by atoms with E-state index in [4.69, 9.17) is 0 Å². The maximum absolute atomic E-state index is 4.62. The first-order chi connectivity index (χ1) is 8.63. The van der Waals surface area contributed by atoms with E-state index in [1.54, 1.807) is 11.3 Å². The molecule has 0 saturated heterocycles. The number of aryl methyl sites for hydroxylation is 2. The molecule has 4 nitrogen and oxygen atoms in total. The summed E-state index contributed by atoms with van der Waals surface area (Å²) in [6.07, 6.45) is 1.63. The highest BCUT2D eigenvalue weighted by Gasteiger charge is 2.10. The molecule has 5 heteroatoms. The summed E-state index contributed by atoms with van der Waals surface area (Å²) in [6.45, 7) is 6.18. The van der Waals surface area contributed by atoms with E-state index in [1.807, 2.05) is 14.0 Å². The first kappa shape index (κ1) is 13.0.